The van der Waals surface area contributed by atoms with Crippen LogP contribution in [0.1, 0.15) is 18.2 Å². The number of fused-ring (bicyclic) bond motifs is 1. The van der Waals surface area contributed by atoms with Gasteiger partial charge in [-0.15, -0.1) is 0 Å². The summed E-state index contributed by atoms with van der Waals surface area (Å²) < 4.78 is 2.09. The first-order chi connectivity index (χ1) is 12.2. The lowest BCUT2D eigenvalue weighted by atomic mass is 10.1. The fourth-order valence-corrected chi connectivity index (χ4v) is 3.06. The van der Waals surface area contributed by atoms with E-state index < -0.39 is 6.10 Å². The van der Waals surface area contributed by atoms with E-state index in [1.165, 1.54) is 0 Å². The monoisotopic (exact) mass is 333 g/mol. The van der Waals surface area contributed by atoms with Crippen LogP contribution in [0.15, 0.2) is 54.9 Å². The summed E-state index contributed by atoms with van der Waals surface area (Å²) >= 11 is 0. The summed E-state index contributed by atoms with van der Waals surface area (Å²) in [5.41, 5.74) is 5.82. The number of imidazole rings is 1. The van der Waals surface area contributed by atoms with Crippen molar-refractivity contribution in [2.75, 3.05) is 0 Å². The number of aliphatic hydroxyl groups is 1. The quantitative estimate of drug-likeness (QED) is 0.588. The molecule has 2 aromatic carbocycles. The van der Waals surface area contributed by atoms with Crippen molar-refractivity contribution < 1.29 is 5.11 Å². The molecule has 1 atom stereocenters. The Morgan fingerprint density at radius 1 is 1.08 bits per heavy atom. The van der Waals surface area contributed by atoms with Crippen LogP contribution in [0.4, 0.5) is 0 Å². The number of aromatic nitrogens is 5. The third kappa shape index (κ3) is 3.16. The Hall–Kier alpha value is -2.99. The SMILES string of the molecule is CC(O)Cc1c(-c2ccccc2)ncn1Cc1ccc2n[nH]nc2c1. The zero-order chi connectivity index (χ0) is 17.2. The van der Waals surface area contributed by atoms with Gasteiger partial charge in [0.05, 0.1) is 18.1 Å². The molecule has 4 rings (SSSR count). The molecule has 2 heterocycles. The summed E-state index contributed by atoms with van der Waals surface area (Å²) in [7, 11) is 0. The van der Waals surface area contributed by atoms with Crippen LogP contribution in [-0.2, 0) is 13.0 Å². The second kappa shape index (κ2) is 6.49. The van der Waals surface area contributed by atoms with Crippen molar-refractivity contribution in [1.29, 1.82) is 0 Å². The Labute approximate surface area is 145 Å². The molecule has 0 amide bonds. The van der Waals surface area contributed by atoms with Crippen molar-refractivity contribution in [3.8, 4) is 11.3 Å². The van der Waals surface area contributed by atoms with Gasteiger partial charge in [0.25, 0.3) is 0 Å². The summed E-state index contributed by atoms with van der Waals surface area (Å²) in [6, 6.07) is 16.1. The zero-order valence-corrected chi connectivity index (χ0v) is 13.9. The van der Waals surface area contributed by atoms with Crippen molar-refractivity contribution >= 4 is 11.0 Å². The van der Waals surface area contributed by atoms with Crippen LogP contribution >= 0.6 is 0 Å². The van der Waals surface area contributed by atoms with Gasteiger partial charge in [-0.2, -0.15) is 15.4 Å². The summed E-state index contributed by atoms with van der Waals surface area (Å²) in [4.78, 5) is 4.61. The minimum absolute atomic E-state index is 0.434. The number of benzene rings is 2. The van der Waals surface area contributed by atoms with Crippen LogP contribution in [0, 0.1) is 0 Å². The first-order valence-corrected chi connectivity index (χ1v) is 8.27. The molecule has 126 valence electrons. The van der Waals surface area contributed by atoms with Crippen LogP contribution in [0.2, 0.25) is 0 Å². The average Bonchev–Trinajstić information content (AvgIpc) is 3.22. The fourth-order valence-electron chi connectivity index (χ4n) is 3.06. The molecule has 0 aliphatic heterocycles. The van der Waals surface area contributed by atoms with Crippen molar-refractivity contribution in [3.63, 3.8) is 0 Å². The van der Waals surface area contributed by atoms with Gasteiger partial charge in [-0.25, -0.2) is 4.98 Å². The van der Waals surface area contributed by atoms with E-state index in [0.717, 1.165) is 33.5 Å². The Balaban J connectivity index is 1.72. The van der Waals surface area contributed by atoms with Gasteiger partial charge >= 0.3 is 0 Å². The van der Waals surface area contributed by atoms with Crippen molar-refractivity contribution in [2.24, 2.45) is 0 Å². The standard InChI is InChI=1S/C19H19N5O/c1-13(25)9-18-19(15-5-3-2-4-6-15)20-12-24(18)11-14-7-8-16-17(10-14)22-23-21-16/h2-8,10,12-13,25H,9,11H2,1H3,(H,21,22,23). The van der Waals surface area contributed by atoms with Crippen LogP contribution in [0.25, 0.3) is 22.3 Å². The summed E-state index contributed by atoms with van der Waals surface area (Å²) in [6.45, 7) is 2.47. The summed E-state index contributed by atoms with van der Waals surface area (Å²) in [6.07, 6.45) is 1.96. The smallest absolute Gasteiger partial charge is 0.113 e. The topological polar surface area (TPSA) is 79.6 Å². The number of aliphatic hydroxyl groups excluding tert-OH is 1. The molecule has 2 N–H and O–H groups in total. The Kier molecular flexibility index (Phi) is 4.03. The number of nitrogens with zero attached hydrogens (tertiary/aromatic N) is 4. The van der Waals surface area contributed by atoms with E-state index in [4.69, 9.17) is 0 Å². The van der Waals surface area contributed by atoms with Gasteiger partial charge in [0.15, 0.2) is 0 Å². The van der Waals surface area contributed by atoms with Gasteiger partial charge in [-0.3, -0.25) is 0 Å². The lowest BCUT2D eigenvalue weighted by Crippen LogP contribution is -2.11. The average molecular weight is 333 g/mol. The highest BCUT2D eigenvalue weighted by Gasteiger charge is 2.15. The maximum Gasteiger partial charge on any atom is 0.113 e. The minimum atomic E-state index is -0.434. The van der Waals surface area contributed by atoms with Gasteiger partial charge < -0.3 is 9.67 Å². The number of hydrogen-bond donors (Lipinski definition) is 2. The minimum Gasteiger partial charge on any atom is -0.393 e. The third-order valence-corrected chi connectivity index (χ3v) is 4.22. The number of rotatable bonds is 5. The van der Waals surface area contributed by atoms with E-state index in [1.54, 1.807) is 6.92 Å². The van der Waals surface area contributed by atoms with E-state index in [9.17, 15) is 5.11 Å². The lowest BCUT2D eigenvalue weighted by Gasteiger charge is -2.12. The molecule has 0 saturated carbocycles. The van der Waals surface area contributed by atoms with Crippen LogP contribution in [-0.4, -0.2) is 36.2 Å². The molecule has 4 aromatic rings. The highest BCUT2D eigenvalue weighted by Crippen LogP contribution is 2.24. The first kappa shape index (κ1) is 15.5. The van der Waals surface area contributed by atoms with Gasteiger partial charge in [-0.05, 0) is 24.6 Å². The second-order valence-electron chi connectivity index (χ2n) is 6.23. The van der Waals surface area contributed by atoms with Gasteiger partial charge in [0.2, 0.25) is 0 Å². The first-order valence-electron chi connectivity index (χ1n) is 8.27. The predicted molar refractivity (Wildman–Crippen MR) is 96.0 cm³/mol. The van der Waals surface area contributed by atoms with Crippen molar-refractivity contribution in [3.05, 3.63) is 66.1 Å². The molecule has 0 radical (unpaired) electrons. The second-order valence-corrected chi connectivity index (χ2v) is 6.23. The molecular weight excluding hydrogens is 314 g/mol. The Morgan fingerprint density at radius 3 is 2.68 bits per heavy atom. The predicted octanol–water partition coefficient (Wildman–Crippen LogP) is 2.79. The molecule has 0 bridgehead atoms. The number of H-pyrrole nitrogens is 1. The van der Waals surface area contributed by atoms with E-state index in [2.05, 4.69) is 25.0 Å². The Bertz CT molecular complexity index is 987. The molecule has 0 aliphatic rings. The van der Waals surface area contributed by atoms with Crippen molar-refractivity contribution in [2.45, 2.75) is 26.0 Å². The van der Waals surface area contributed by atoms with Crippen LogP contribution in [0.3, 0.4) is 0 Å². The van der Waals surface area contributed by atoms with Gasteiger partial charge in [-0.1, -0.05) is 36.4 Å². The highest BCUT2D eigenvalue weighted by molar-refractivity contribution is 5.74. The highest BCUT2D eigenvalue weighted by atomic mass is 16.3. The van der Waals surface area contributed by atoms with Crippen LogP contribution in [0.5, 0.6) is 0 Å². The molecule has 1 unspecified atom stereocenters. The Morgan fingerprint density at radius 2 is 1.88 bits per heavy atom. The molecule has 6 heteroatoms. The maximum absolute atomic E-state index is 9.94. The summed E-state index contributed by atoms with van der Waals surface area (Å²) in [5, 5.41) is 20.8. The van der Waals surface area contributed by atoms with E-state index in [-0.39, 0.29) is 0 Å². The van der Waals surface area contributed by atoms with Gasteiger partial charge in [0, 0.05) is 24.2 Å². The molecule has 0 saturated heterocycles. The number of nitrogens with one attached hydrogen (secondary N) is 1. The molecular formula is C19H19N5O. The maximum atomic E-state index is 9.94. The molecule has 0 spiro atoms. The molecule has 25 heavy (non-hydrogen) atoms. The lowest BCUT2D eigenvalue weighted by molar-refractivity contribution is 0.193. The van der Waals surface area contributed by atoms with Crippen molar-refractivity contribution in [1.82, 2.24) is 25.0 Å². The zero-order valence-electron chi connectivity index (χ0n) is 13.9. The number of aromatic amines is 1. The largest absolute Gasteiger partial charge is 0.393 e. The molecule has 2 aromatic heterocycles. The van der Waals surface area contributed by atoms with E-state index in [1.807, 2.05) is 54.9 Å². The molecule has 6 nitrogen and oxygen atoms in total. The number of hydrogen-bond acceptors (Lipinski definition) is 4. The third-order valence-electron chi connectivity index (χ3n) is 4.22. The fraction of sp³-hybridized carbons (Fsp3) is 0.211. The molecule has 0 aliphatic carbocycles. The van der Waals surface area contributed by atoms with E-state index >= 15 is 0 Å². The molecule has 0 fully saturated rings. The summed E-state index contributed by atoms with van der Waals surface area (Å²) in [5.74, 6) is 0. The van der Waals surface area contributed by atoms with Crippen LogP contribution < -0.4 is 0 Å². The normalized spacial score (nSPS) is 12.6. The van der Waals surface area contributed by atoms with E-state index in [0.29, 0.717) is 13.0 Å². The van der Waals surface area contributed by atoms with Gasteiger partial charge in [0.1, 0.15) is 11.0 Å².